The number of ether oxygens (including phenoxy) is 2. The molecule has 36 heavy (non-hydrogen) atoms. The Morgan fingerprint density at radius 1 is 0.972 bits per heavy atom. The standard InChI is InChI=1S/C30H37N3O3/c1-35-29-9-5-4-8-27(29)18-31-30(34)28-17-24(20-32-12-14-36-15-13-32)21-33(22-28)19-23-10-11-25-6-2-3-7-26(25)16-23/h2-11,16,24,28H,12-15,17-22H2,1H3,(H,31,34)/t24-,28-/m1/s1. The molecule has 3 aromatic rings. The number of piperidine rings is 1. The highest BCUT2D eigenvalue weighted by atomic mass is 16.5. The van der Waals surface area contributed by atoms with Gasteiger partial charge >= 0.3 is 0 Å². The minimum absolute atomic E-state index is 0.0278. The summed E-state index contributed by atoms with van der Waals surface area (Å²) in [4.78, 5) is 18.3. The van der Waals surface area contributed by atoms with Crippen molar-refractivity contribution in [1.82, 2.24) is 15.1 Å². The highest BCUT2D eigenvalue weighted by molar-refractivity contribution is 5.83. The zero-order valence-corrected chi connectivity index (χ0v) is 21.2. The zero-order valence-electron chi connectivity index (χ0n) is 21.2. The average molecular weight is 488 g/mol. The van der Waals surface area contributed by atoms with Crippen molar-refractivity contribution in [2.24, 2.45) is 11.8 Å². The molecule has 1 N–H and O–H groups in total. The lowest BCUT2D eigenvalue weighted by molar-refractivity contribution is -0.128. The third kappa shape index (κ3) is 6.25. The van der Waals surface area contributed by atoms with Gasteiger partial charge in [-0.3, -0.25) is 14.6 Å². The molecule has 0 aliphatic carbocycles. The third-order valence-electron chi connectivity index (χ3n) is 7.47. The molecule has 190 valence electrons. The van der Waals surface area contributed by atoms with Gasteiger partial charge in [0.25, 0.3) is 0 Å². The highest BCUT2D eigenvalue weighted by Gasteiger charge is 2.33. The molecule has 0 spiro atoms. The molecule has 0 aromatic heterocycles. The molecule has 2 fully saturated rings. The van der Waals surface area contributed by atoms with E-state index in [1.165, 1.54) is 16.3 Å². The van der Waals surface area contributed by atoms with Crippen LogP contribution in [0.2, 0.25) is 0 Å². The summed E-state index contributed by atoms with van der Waals surface area (Å²) in [6.07, 6.45) is 0.920. The monoisotopic (exact) mass is 487 g/mol. The van der Waals surface area contributed by atoms with Gasteiger partial charge in [0.15, 0.2) is 0 Å². The van der Waals surface area contributed by atoms with E-state index in [1.807, 2.05) is 24.3 Å². The lowest BCUT2D eigenvalue weighted by Gasteiger charge is -2.40. The molecule has 0 bridgehead atoms. The first-order valence-corrected chi connectivity index (χ1v) is 13.1. The van der Waals surface area contributed by atoms with Gasteiger partial charge in [-0.2, -0.15) is 0 Å². The van der Waals surface area contributed by atoms with Gasteiger partial charge in [0, 0.05) is 51.4 Å². The summed E-state index contributed by atoms with van der Waals surface area (Å²) in [5.41, 5.74) is 2.30. The summed E-state index contributed by atoms with van der Waals surface area (Å²) >= 11 is 0. The van der Waals surface area contributed by atoms with E-state index in [1.54, 1.807) is 7.11 Å². The van der Waals surface area contributed by atoms with Crippen molar-refractivity contribution in [3.63, 3.8) is 0 Å². The smallest absolute Gasteiger partial charge is 0.224 e. The van der Waals surface area contributed by atoms with E-state index in [0.29, 0.717) is 12.5 Å². The van der Waals surface area contributed by atoms with Gasteiger partial charge in [-0.05, 0) is 40.8 Å². The summed E-state index contributed by atoms with van der Waals surface area (Å²) in [5, 5.41) is 5.73. The molecular weight excluding hydrogens is 450 g/mol. The van der Waals surface area contributed by atoms with E-state index in [9.17, 15) is 4.79 Å². The second-order valence-corrected chi connectivity index (χ2v) is 10.1. The van der Waals surface area contributed by atoms with Crippen LogP contribution in [0.15, 0.2) is 66.7 Å². The number of hydrogen-bond acceptors (Lipinski definition) is 5. The number of likely N-dealkylation sites (tertiary alicyclic amines) is 1. The molecule has 6 heteroatoms. The van der Waals surface area contributed by atoms with Crippen LogP contribution in [0.5, 0.6) is 5.75 Å². The fourth-order valence-corrected chi connectivity index (χ4v) is 5.67. The summed E-state index contributed by atoms with van der Waals surface area (Å²) in [7, 11) is 1.67. The van der Waals surface area contributed by atoms with E-state index >= 15 is 0 Å². The molecule has 0 saturated carbocycles. The molecule has 0 unspecified atom stereocenters. The number of morpholine rings is 1. The second-order valence-electron chi connectivity index (χ2n) is 10.1. The van der Waals surface area contributed by atoms with Crippen LogP contribution in [-0.2, 0) is 22.6 Å². The summed E-state index contributed by atoms with van der Waals surface area (Å²) in [6, 6.07) is 23.1. The number of fused-ring (bicyclic) bond motifs is 1. The lowest BCUT2D eigenvalue weighted by Crippen LogP contribution is -2.49. The molecule has 0 radical (unpaired) electrons. The number of hydrogen-bond donors (Lipinski definition) is 1. The van der Waals surface area contributed by atoms with E-state index < -0.39 is 0 Å². The van der Waals surface area contributed by atoms with Crippen LogP contribution in [0.25, 0.3) is 10.8 Å². The minimum atomic E-state index is -0.0278. The maximum absolute atomic E-state index is 13.4. The van der Waals surface area contributed by atoms with Crippen molar-refractivity contribution in [3.05, 3.63) is 77.9 Å². The van der Waals surface area contributed by atoms with Crippen molar-refractivity contribution in [2.75, 3.05) is 53.0 Å². The molecule has 2 atom stereocenters. The number of benzene rings is 3. The molecule has 6 nitrogen and oxygen atoms in total. The maximum Gasteiger partial charge on any atom is 0.224 e. The topological polar surface area (TPSA) is 54.0 Å². The number of amides is 1. The Morgan fingerprint density at radius 2 is 1.75 bits per heavy atom. The molecule has 5 rings (SSSR count). The lowest BCUT2D eigenvalue weighted by atomic mass is 9.87. The van der Waals surface area contributed by atoms with Gasteiger partial charge in [0.2, 0.25) is 5.91 Å². The van der Waals surface area contributed by atoms with Gasteiger partial charge < -0.3 is 14.8 Å². The molecule has 2 saturated heterocycles. The summed E-state index contributed by atoms with van der Waals surface area (Å²) in [5.74, 6) is 1.37. The van der Waals surface area contributed by atoms with Crippen molar-refractivity contribution in [3.8, 4) is 5.75 Å². The number of methoxy groups -OCH3 is 1. The Labute approximate surface area is 214 Å². The van der Waals surface area contributed by atoms with Gasteiger partial charge in [0.05, 0.1) is 26.2 Å². The number of carbonyl (C=O) groups excluding carboxylic acids is 1. The van der Waals surface area contributed by atoms with E-state index in [0.717, 1.165) is 70.2 Å². The van der Waals surface area contributed by atoms with Crippen LogP contribution in [0, 0.1) is 11.8 Å². The van der Waals surface area contributed by atoms with Crippen molar-refractivity contribution in [2.45, 2.75) is 19.5 Å². The van der Waals surface area contributed by atoms with E-state index in [4.69, 9.17) is 9.47 Å². The van der Waals surface area contributed by atoms with Crippen LogP contribution < -0.4 is 10.1 Å². The minimum Gasteiger partial charge on any atom is -0.496 e. The van der Waals surface area contributed by atoms with Crippen molar-refractivity contribution in [1.29, 1.82) is 0 Å². The average Bonchev–Trinajstić information content (AvgIpc) is 2.92. The van der Waals surface area contributed by atoms with Crippen LogP contribution in [0.1, 0.15) is 17.5 Å². The number of rotatable bonds is 8. The third-order valence-corrected chi connectivity index (χ3v) is 7.47. The van der Waals surface area contributed by atoms with E-state index in [2.05, 4.69) is 57.6 Å². The number of carbonyl (C=O) groups is 1. The van der Waals surface area contributed by atoms with Crippen LogP contribution in [-0.4, -0.2) is 68.8 Å². The number of nitrogens with zero attached hydrogens (tertiary/aromatic N) is 2. The van der Waals surface area contributed by atoms with Crippen molar-refractivity contribution >= 4 is 16.7 Å². The van der Waals surface area contributed by atoms with Crippen LogP contribution >= 0.6 is 0 Å². The van der Waals surface area contributed by atoms with Crippen LogP contribution in [0.3, 0.4) is 0 Å². The van der Waals surface area contributed by atoms with Gasteiger partial charge in [0.1, 0.15) is 5.75 Å². The molecule has 3 aromatic carbocycles. The molecule has 2 aliphatic heterocycles. The second kappa shape index (κ2) is 11.9. The number of para-hydroxylation sites is 1. The molecule has 2 heterocycles. The predicted molar refractivity (Wildman–Crippen MR) is 143 cm³/mol. The summed E-state index contributed by atoms with van der Waals surface area (Å²) in [6.45, 7) is 7.72. The Hall–Kier alpha value is -2.93. The quantitative estimate of drug-likeness (QED) is 0.522. The molecular formula is C30H37N3O3. The fraction of sp³-hybridized carbons (Fsp3) is 0.433. The first-order chi connectivity index (χ1) is 17.7. The zero-order chi connectivity index (χ0) is 24.7. The first kappa shape index (κ1) is 24.8. The van der Waals surface area contributed by atoms with Gasteiger partial charge in [-0.1, -0.05) is 54.6 Å². The molecule has 2 aliphatic rings. The van der Waals surface area contributed by atoms with Gasteiger partial charge in [-0.25, -0.2) is 0 Å². The Morgan fingerprint density at radius 3 is 2.58 bits per heavy atom. The fourth-order valence-electron chi connectivity index (χ4n) is 5.67. The molecule has 1 amide bonds. The Balaban J connectivity index is 1.27. The summed E-state index contributed by atoms with van der Waals surface area (Å²) < 4.78 is 11.0. The normalized spacial score (nSPS) is 21.4. The largest absolute Gasteiger partial charge is 0.496 e. The predicted octanol–water partition coefficient (Wildman–Crippen LogP) is 3.94. The maximum atomic E-state index is 13.4. The SMILES string of the molecule is COc1ccccc1CNC(=O)[C@@H]1C[C@H](CN2CCOCC2)CN(Cc2ccc3ccccc3c2)C1. The van der Waals surface area contributed by atoms with E-state index in [-0.39, 0.29) is 11.8 Å². The first-order valence-electron chi connectivity index (χ1n) is 13.1. The van der Waals surface area contributed by atoms with Gasteiger partial charge in [-0.15, -0.1) is 0 Å². The highest BCUT2D eigenvalue weighted by Crippen LogP contribution is 2.26. The number of nitrogens with one attached hydrogen (secondary N) is 1. The Kier molecular flexibility index (Phi) is 8.16. The van der Waals surface area contributed by atoms with Crippen molar-refractivity contribution < 1.29 is 14.3 Å². The Bertz CT molecular complexity index is 1160. The van der Waals surface area contributed by atoms with Crippen LogP contribution in [0.4, 0.5) is 0 Å².